The normalized spacial score (nSPS) is 37.4. The van der Waals surface area contributed by atoms with E-state index in [-0.39, 0.29) is 16.7 Å². The third-order valence-corrected chi connectivity index (χ3v) is 10.2. The molecule has 0 amide bonds. The molecule has 36 heavy (non-hydrogen) atoms. The Balaban J connectivity index is 1.14. The summed E-state index contributed by atoms with van der Waals surface area (Å²) in [5.41, 5.74) is 4.53. The number of hydrogen-bond acceptors (Lipinski definition) is 4. The molecule has 0 radical (unpaired) electrons. The third kappa shape index (κ3) is 3.71. The summed E-state index contributed by atoms with van der Waals surface area (Å²) in [5, 5.41) is 6.48. The highest BCUT2D eigenvalue weighted by molar-refractivity contribution is 5.82. The maximum atomic E-state index is 7.36. The largest absolute Gasteiger partial charge is 0.377 e. The molecule has 2 spiro atoms. The van der Waals surface area contributed by atoms with E-state index in [4.69, 9.17) is 9.47 Å². The van der Waals surface area contributed by atoms with Gasteiger partial charge in [0.15, 0.2) is 0 Å². The van der Waals surface area contributed by atoms with E-state index in [1.807, 2.05) is 12.4 Å². The Morgan fingerprint density at radius 2 is 1.94 bits per heavy atom. The summed E-state index contributed by atoms with van der Waals surface area (Å²) >= 11 is 0. The van der Waals surface area contributed by atoms with Gasteiger partial charge in [-0.15, -0.1) is 0 Å². The van der Waals surface area contributed by atoms with E-state index in [1.54, 1.807) is 5.57 Å². The van der Waals surface area contributed by atoms with E-state index >= 15 is 0 Å². The molecule has 1 aromatic heterocycles. The lowest BCUT2D eigenvalue weighted by Crippen LogP contribution is -2.63. The van der Waals surface area contributed by atoms with E-state index in [0.717, 1.165) is 32.5 Å². The van der Waals surface area contributed by atoms with Crippen LogP contribution in [0.25, 0.3) is 10.8 Å². The molecule has 2 aliphatic carbocycles. The molecule has 5 atom stereocenters. The number of allylic oxidation sites excluding steroid dienone is 1. The van der Waals surface area contributed by atoms with Crippen molar-refractivity contribution in [1.82, 2.24) is 10.3 Å². The molecule has 4 nitrogen and oxygen atoms in total. The van der Waals surface area contributed by atoms with Crippen molar-refractivity contribution in [1.29, 1.82) is 0 Å². The van der Waals surface area contributed by atoms with Crippen LogP contribution in [0.15, 0.2) is 60.0 Å². The van der Waals surface area contributed by atoms with Crippen LogP contribution in [0.2, 0.25) is 0 Å². The lowest BCUT2D eigenvalue weighted by molar-refractivity contribution is -0.118. The second-order valence-corrected chi connectivity index (χ2v) is 12.7. The van der Waals surface area contributed by atoms with Gasteiger partial charge in [-0.1, -0.05) is 31.2 Å². The van der Waals surface area contributed by atoms with Gasteiger partial charge < -0.3 is 14.8 Å². The molecule has 5 aliphatic rings. The SMILES string of the molecule is CC1CCC(c2ccc3ccncc3c2)CCC=C2C=C3CCC(NC4(C)COC4)CC34CCC21O4. The molecule has 1 saturated carbocycles. The van der Waals surface area contributed by atoms with Crippen LogP contribution in [-0.2, 0) is 9.47 Å². The van der Waals surface area contributed by atoms with Crippen LogP contribution in [-0.4, -0.2) is 41.0 Å². The van der Waals surface area contributed by atoms with E-state index in [0.29, 0.717) is 17.9 Å². The molecule has 3 fully saturated rings. The minimum atomic E-state index is -0.100. The standard InChI is InChI=1S/C32H40N2O2/c1-22-6-7-23(25-9-8-24-12-15-33-19-26(24)16-25)4-3-5-28-17-27-10-11-29(34-30(2)20-35-21-30)18-31(27)13-14-32(22,28)36-31/h5,8-9,12,15-17,19,22-23,29,34H,3-4,6-7,10-11,13-14,18,20-21H2,1-2H3. The Bertz CT molecular complexity index is 1230. The van der Waals surface area contributed by atoms with Crippen LogP contribution in [0.3, 0.4) is 0 Å². The van der Waals surface area contributed by atoms with E-state index in [2.05, 4.69) is 60.6 Å². The van der Waals surface area contributed by atoms with Gasteiger partial charge in [-0.2, -0.15) is 0 Å². The molecule has 4 heteroatoms. The highest BCUT2D eigenvalue weighted by atomic mass is 16.5. The van der Waals surface area contributed by atoms with Gasteiger partial charge in [-0.05, 0) is 111 Å². The first kappa shape index (κ1) is 23.1. The lowest BCUT2D eigenvalue weighted by Gasteiger charge is -2.50. The number of pyridine rings is 1. The number of aromatic nitrogens is 1. The molecular weight excluding hydrogens is 444 g/mol. The molecule has 2 aromatic rings. The van der Waals surface area contributed by atoms with Gasteiger partial charge in [0.25, 0.3) is 0 Å². The Kier molecular flexibility index (Phi) is 5.47. The quantitative estimate of drug-likeness (QED) is 0.532. The zero-order valence-corrected chi connectivity index (χ0v) is 21.9. The topological polar surface area (TPSA) is 43.4 Å². The number of fused-ring (bicyclic) bond motifs is 1. The molecule has 5 unspecified atom stereocenters. The summed E-state index contributed by atoms with van der Waals surface area (Å²) in [6.45, 7) is 6.44. The summed E-state index contributed by atoms with van der Waals surface area (Å²) in [5.74, 6) is 1.12. The third-order valence-electron chi connectivity index (χ3n) is 10.2. The average Bonchev–Trinajstić information content (AvgIpc) is 3.22. The zero-order valence-electron chi connectivity index (χ0n) is 21.9. The Morgan fingerprint density at radius 3 is 2.81 bits per heavy atom. The van der Waals surface area contributed by atoms with Gasteiger partial charge in [0.05, 0.1) is 30.0 Å². The first-order valence-electron chi connectivity index (χ1n) is 14.3. The van der Waals surface area contributed by atoms with Crippen molar-refractivity contribution in [2.24, 2.45) is 5.92 Å². The van der Waals surface area contributed by atoms with Crippen molar-refractivity contribution < 1.29 is 9.47 Å². The molecule has 4 heterocycles. The van der Waals surface area contributed by atoms with Gasteiger partial charge in [0.1, 0.15) is 0 Å². The monoisotopic (exact) mass is 484 g/mol. The molecule has 1 aromatic carbocycles. The smallest absolute Gasteiger partial charge is 0.0966 e. The average molecular weight is 485 g/mol. The van der Waals surface area contributed by atoms with Crippen LogP contribution < -0.4 is 5.32 Å². The summed E-state index contributed by atoms with van der Waals surface area (Å²) in [4.78, 5) is 4.36. The Labute approximate surface area is 215 Å². The molecular formula is C32H40N2O2. The first-order valence-corrected chi connectivity index (χ1v) is 14.3. The number of nitrogens with one attached hydrogen (secondary N) is 1. The second-order valence-electron chi connectivity index (χ2n) is 12.7. The molecule has 3 aliphatic heterocycles. The predicted octanol–water partition coefficient (Wildman–Crippen LogP) is 6.61. The Hall–Kier alpha value is -2.01. The van der Waals surface area contributed by atoms with Crippen molar-refractivity contribution in [2.75, 3.05) is 13.2 Å². The predicted molar refractivity (Wildman–Crippen MR) is 144 cm³/mol. The Morgan fingerprint density at radius 1 is 1.03 bits per heavy atom. The van der Waals surface area contributed by atoms with Gasteiger partial charge in [0, 0.05) is 23.8 Å². The van der Waals surface area contributed by atoms with Gasteiger partial charge in [-0.3, -0.25) is 4.98 Å². The summed E-state index contributed by atoms with van der Waals surface area (Å²) in [6.07, 6.45) is 19.6. The van der Waals surface area contributed by atoms with Crippen LogP contribution >= 0.6 is 0 Å². The first-order chi connectivity index (χ1) is 17.5. The zero-order chi connectivity index (χ0) is 24.4. The molecule has 1 N–H and O–H groups in total. The fraction of sp³-hybridized carbons (Fsp3) is 0.594. The second kappa shape index (κ2) is 8.51. The van der Waals surface area contributed by atoms with E-state index in [9.17, 15) is 0 Å². The van der Waals surface area contributed by atoms with E-state index < -0.39 is 0 Å². The van der Waals surface area contributed by atoms with E-state index in [1.165, 1.54) is 60.4 Å². The minimum Gasteiger partial charge on any atom is -0.377 e. The molecule has 190 valence electrons. The maximum absolute atomic E-state index is 7.36. The molecule has 2 saturated heterocycles. The number of rotatable bonds is 3. The minimum absolute atomic E-state index is 0.0543. The van der Waals surface area contributed by atoms with Crippen molar-refractivity contribution in [3.05, 3.63) is 65.5 Å². The van der Waals surface area contributed by atoms with Crippen LogP contribution in [0.1, 0.15) is 83.1 Å². The van der Waals surface area contributed by atoms with Gasteiger partial charge in [0.2, 0.25) is 0 Å². The summed E-state index contributed by atoms with van der Waals surface area (Å²) in [7, 11) is 0. The van der Waals surface area contributed by atoms with Crippen LogP contribution in [0, 0.1) is 5.92 Å². The number of ether oxygens (including phenoxy) is 2. The number of benzene rings is 1. The van der Waals surface area contributed by atoms with Crippen molar-refractivity contribution in [3.8, 4) is 0 Å². The van der Waals surface area contributed by atoms with Crippen molar-refractivity contribution in [3.63, 3.8) is 0 Å². The summed E-state index contributed by atoms with van der Waals surface area (Å²) < 4.78 is 12.9. The van der Waals surface area contributed by atoms with Crippen molar-refractivity contribution in [2.45, 2.75) is 100 Å². The lowest BCUT2D eigenvalue weighted by atomic mass is 9.73. The fourth-order valence-corrected chi connectivity index (χ4v) is 8.04. The molecule has 7 rings (SSSR count). The summed E-state index contributed by atoms with van der Waals surface area (Å²) in [6, 6.07) is 9.65. The van der Waals surface area contributed by atoms with Gasteiger partial charge in [-0.25, -0.2) is 0 Å². The highest BCUT2D eigenvalue weighted by Gasteiger charge is 2.59. The van der Waals surface area contributed by atoms with Crippen LogP contribution in [0.5, 0.6) is 0 Å². The van der Waals surface area contributed by atoms with Crippen molar-refractivity contribution >= 4 is 10.8 Å². The van der Waals surface area contributed by atoms with Gasteiger partial charge >= 0.3 is 0 Å². The fourth-order valence-electron chi connectivity index (χ4n) is 8.04. The highest BCUT2D eigenvalue weighted by Crippen LogP contribution is 2.59. The molecule has 2 bridgehead atoms. The number of nitrogens with zero attached hydrogens (tertiary/aromatic N) is 1. The van der Waals surface area contributed by atoms with Crippen LogP contribution in [0.4, 0.5) is 0 Å². The maximum Gasteiger partial charge on any atom is 0.0966 e. The number of hydrogen-bond donors (Lipinski definition) is 1.